The molecule has 0 spiro atoms. The lowest BCUT2D eigenvalue weighted by Gasteiger charge is -2.23. The van der Waals surface area contributed by atoms with Crippen molar-refractivity contribution in [1.82, 2.24) is 0 Å². The zero-order valence-corrected chi connectivity index (χ0v) is 46.1. The summed E-state index contributed by atoms with van der Waals surface area (Å²) in [6.07, 6.45) is 11.8. The van der Waals surface area contributed by atoms with Crippen molar-refractivity contribution in [1.29, 1.82) is 0 Å². The third-order valence-electron chi connectivity index (χ3n) is 9.87. The van der Waals surface area contributed by atoms with Gasteiger partial charge in [0.25, 0.3) is 0 Å². The Balaban J connectivity index is -0.000000721. The van der Waals surface area contributed by atoms with Crippen LogP contribution in [0.2, 0.25) is 5.02 Å². The van der Waals surface area contributed by atoms with E-state index >= 15 is 0 Å². The predicted octanol–water partition coefficient (Wildman–Crippen LogP) is 19.2. The fourth-order valence-electron chi connectivity index (χ4n) is 6.67. The maximum absolute atomic E-state index is 13.8. The summed E-state index contributed by atoms with van der Waals surface area (Å²) in [5, 5.41) is 2.36. The number of hydrogen-bond acceptors (Lipinski definition) is 4. The summed E-state index contributed by atoms with van der Waals surface area (Å²) in [5.41, 5.74) is 13.4. The smallest absolute Gasteiger partial charge is 0.184 e. The molecule has 4 nitrogen and oxygen atoms in total. The Morgan fingerprint density at radius 1 is 0.828 bits per heavy atom. The first-order chi connectivity index (χ1) is 30.5. The van der Waals surface area contributed by atoms with Gasteiger partial charge >= 0.3 is 0 Å². The molecule has 3 aromatic carbocycles. The van der Waals surface area contributed by atoms with Gasteiger partial charge in [0, 0.05) is 21.5 Å². The van der Waals surface area contributed by atoms with Gasteiger partial charge in [0.05, 0.1) is 12.2 Å². The molecule has 0 unspecified atom stereocenters. The van der Waals surface area contributed by atoms with Gasteiger partial charge in [-0.15, -0.1) is 0 Å². The Labute approximate surface area is 401 Å². The molecule has 0 aliphatic carbocycles. The number of allylic oxidation sites excluding steroid dienone is 5. The molecule has 0 aromatic heterocycles. The summed E-state index contributed by atoms with van der Waals surface area (Å²) in [6.45, 7) is 44.5. The number of benzene rings is 3. The van der Waals surface area contributed by atoms with Gasteiger partial charge in [-0.25, -0.2) is 4.39 Å². The first-order valence-corrected chi connectivity index (χ1v) is 25.4. The number of Topliss-reactive ketones (excluding diaryl/α,β-unsaturated/α-hetero) is 1. The molecular weight excluding hydrogens is 813 g/mol. The van der Waals surface area contributed by atoms with Crippen LogP contribution in [0.4, 0.5) is 4.39 Å². The minimum Gasteiger partial charge on any atom is -0.493 e. The molecule has 64 heavy (non-hydrogen) atoms. The van der Waals surface area contributed by atoms with Crippen molar-refractivity contribution in [3.8, 4) is 5.75 Å². The van der Waals surface area contributed by atoms with E-state index in [0.717, 1.165) is 62.2 Å². The molecule has 2 N–H and O–H groups in total. The van der Waals surface area contributed by atoms with Crippen LogP contribution in [0.5, 0.6) is 5.75 Å². The molecule has 0 bridgehead atoms. The van der Waals surface area contributed by atoms with Crippen LogP contribution in [-0.2, 0) is 9.53 Å². The van der Waals surface area contributed by atoms with Crippen molar-refractivity contribution in [3.05, 3.63) is 98.9 Å². The molecule has 0 heterocycles. The highest BCUT2D eigenvalue weighted by atomic mass is 35.5. The molecule has 6 heteroatoms. The van der Waals surface area contributed by atoms with Gasteiger partial charge in [0.1, 0.15) is 18.2 Å². The summed E-state index contributed by atoms with van der Waals surface area (Å²) in [6, 6.07) is 14.4. The number of carbonyl (C=O) groups excluding carboxylic acids is 1. The van der Waals surface area contributed by atoms with Gasteiger partial charge in [0.15, 0.2) is 5.78 Å². The Morgan fingerprint density at radius 3 is 1.84 bits per heavy atom. The van der Waals surface area contributed by atoms with Gasteiger partial charge in [-0.05, 0) is 164 Å². The molecule has 0 amide bonds. The first kappa shape index (κ1) is 67.3. The average molecular weight is 913 g/mol. The Kier molecular flexibility index (Phi) is 43.4. The third-order valence-corrected chi connectivity index (χ3v) is 10.2. The standard InChI is InChI=1S/C38H46ClFO3.C8H19N.C4H10.4C2H6/c1-10-25(5)36(24(3)4)37-26(6)30(19-20-33(37)39)32(29(11-2)34(41)23-43-38(7,8)9)15-13-21-42-35-16-12-14-27-22-28(40)17-18-31(27)35;1-3-5-8(7-9)6-4-2;1-3-4-2;4*1-2/h10,12,14,16-20,22H,11,13,15,21,23H2,1-9H3;8H,3-7,9H2,1-2H3;3-4H2,1-2H3;4*1-2H3/b25-10-,32-29+;;;;;;. The highest BCUT2D eigenvalue weighted by molar-refractivity contribution is 6.33. The number of halogens is 2. The van der Waals surface area contributed by atoms with Gasteiger partial charge in [-0.1, -0.05) is 157 Å². The average Bonchev–Trinajstić information content (AvgIpc) is 3.30. The van der Waals surface area contributed by atoms with Gasteiger partial charge < -0.3 is 15.2 Å². The normalized spacial score (nSPS) is 10.9. The van der Waals surface area contributed by atoms with Crippen molar-refractivity contribution in [3.63, 3.8) is 0 Å². The van der Waals surface area contributed by atoms with Crippen molar-refractivity contribution < 1.29 is 18.7 Å². The summed E-state index contributed by atoms with van der Waals surface area (Å²) in [7, 11) is 0. The van der Waals surface area contributed by atoms with E-state index in [-0.39, 0.29) is 18.2 Å². The fourth-order valence-corrected chi connectivity index (χ4v) is 6.97. The number of nitrogens with two attached hydrogens (primary N) is 1. The molecular formula is C58H99ClFNO3. The van der Waals surface area contributed by atoms with Crippen LogP contribution in [0.3, 0.4) is 0 Å². The lowest BCUT2D eigenvalue weighted by atomic mass is 9.84. The lowest BCUT2D eigenvalue weighted by molar-refractivity contribution is -0.124. The van der Waals surface area contributed by atoms with Crippen LogP contribution in [0, 0.1) is 18.7 Å². The summed E-state index contributed by atoms with van der Waals surface area (Å²) in [4.78, 5) is 13.6. The molecule has 368 valence electrons. The molecule has 0 saturated carbocycles. The second kappa shape index (κ2) is 41.2. The second-order valence-corrected chi connectivity index (χ2v) is 16.2. The molecule has 0 fully saturated rings. The van der Waals surface area contributed by atoms with Crippen LogP contribution in [0.25, 0.3) is 21.9 Å². The zero-order chi connectivity index (χ0) is 50.4. The second-order valence-electron chi connectivity index (χ2n) is 15.8. The number of ketones is 1. The van der Waals surface area contributed by atoms with Crippen LogP contribution in [0.1, 0.15) is 213 Å². The van der Waals surface area contributed by atoms with E-state index in [0.29, 0.717) is 36.6 Å². The highest BCUT2D eigenvalue weighted by Gasteiger charge is 2.23. The molecule has 0 aliphatic heterocycles. The van der Waals surface area contributed by atoms with Crippen LogP contribution in [-0.4, -0.2) is 31.1 Å². The number of ether oxygens (including phenoxy) is 2. The van der Waals surface area contributed by atoms with Crippen molar-refractivity contribution >= 4 is 39.3 Å². The maximum Gasteiger partial charge on any atom is 0.184 e. The van der Waals surface area contributed by atoms with E-state index in [1.807, 2.05) is 120 Å². The minimum absolute atomic E-state index is 0.00704. The lowest BCUT2D eigenvalue weighted by Crippen LogP contribution is -2.24. The summed E-state index contributed by atoms with van der Waals surface area (Å²) in [5.74, 6) is 1.23. The molecule has 3 aromatic rings. The largest absolute Gasteiger partial charge is 0.493 e. The number of carbonyl (C=O) groups is 1. The van der Waals surface area contributed by atoms with Crippen LogP contribution < -0.4 is 10.5 Å². The van der Waals surface area contributed by atoms with Crippen LogP contribution in [0.15, 0.2) is 71.3 Å². The predicted molar refractivity (Wildman–Crippen MR) is 289 cm³/mol. The molecule has 0 aliphatic rings. The van der Waals surface area contributed by atoms with Crippen molar-refractivity contribution in [2.45, 2.75) is 209 Å². The summed E-state index contributed by atoms with van der Waals surface area (Å²) < 4.78 is 25.9. The third kappa shape index (κ3) is 26.0. The molecule has 0 saturated heterocycles. The Bertz CT molecular complexity index is 1740. The SMILES string of the molecule is C/C=C(/C)C(=C(C)C)c1c(Cl)ccc(/C(CCCOc2cccc3cc(F)ccc23)=C(\CC)C(=O)COC(C)(C)C)c1C.CC.CC.CC.CC.CCCC.CCCC(CN)CCC. The zero-order valence-electron chi connectivity index (χ0n) is 45.3. The van der Waals surface area contributed by atoms with E-state index in [9.17, 15) is 9.18 Å². The minimum atomic E-state index is -0.421. The van der Waals surface area contributed by atoms with Crippen molar-refractivity contribution in [2.75, 3.05) is 19.8 Å². The van der Waals surface area contributed by atoms with Gasteiger partial charge in [-0.3, -0.25) is 4.79 Å². The van der Waals surface area contributed by atoms with E-state index in [1.54, 1.807) is 6.07 Å². The quantitative estimate of drug-likeness (QED) is 0.0785. The molecule has 0 radical (unpaired) electrons. The van der Waals surface area contributed by atoms with E-state index in [1.165, 1.54) is 56.2 Å². The fraction of sp³-hybridized carbons (Fsp3) is 0.603. The van der Waals surface area contributed by atoms with Gasteiger partial charge in [-0.2, -0.15) is 0 Å². The van der Waals surface area contributed by atoms with Crippen molar-refractivity contribution in [2.24, 2.45) is 11.7 Å². The number of hydrogen-bond donors (Lipinski definition) is 1. The van der Waals surface area contributed by atoms with Crippen LogP contribution >= 0.6 is 11.6 Å². The Hall–Kier alpha value is -3.25. The molecule has 3 rings (SSSR count). The highest BCUT2D eigenvalue weighted by Crippen LogP contribution is 2.40. The van der Waals surface area contributed by atoms with Gasteiger partial charge in [0.2, 0.25) is 0 Å². The van der Waals surface area contributed by atoms with E-state index < -0.39 is 5.60 Å². The topological polar surface area (TPSA) is 61.5 Å². The Morgan fingerprint density at radius 2 is 1.39 bits per heavy atom. The monoisotopic (exact) mass is 912 g/mol. The summed E-state index contributed by atoms with van der Waals surface area (Å²) >= 11 is 6.87. The number of fused-ring (bicyclic) bond motifs is 1. The number of unbranched alkanes of at least 4 members (excludes halogenated alkanes) is 1. The maximum atomic E-state index is 13.8. The first-order valence-electron chi connectivity index (χ1n) is 25.1. The van der Waals surface area contributed by atoms with E-state index in [4.69, 9.17) is 26.8 Å². The van der Waals surface area contributed by atoms with E-state index in [2.05, 4.69) is 61.5 Å². The molecule has 0 atom stereocenters. The number of rotatable bonds is 18.